The summed E-state index contributed by atoms with van der Waals surface area (Å²) in [7, 11) is 0. The number of anilines is 1. The fraction of sp³-hybridized carbons (Fsp3) is 0.100. The first-order valence-electron chi connectivity index (χ1n) is 11.6. The third-order valence-electron chi connectivity index (χ3n) is 5.85. The van der Waals surface area contributed by atoms with Crippen molar-refractivity contribution < 1.29 is 13.9 Å². The van der Waals surface area contributed by atoms with Gasteiger partial charge in [-0.15, -0.1) is 0 Å². The molecule has 0 radical (unpaired) electrons. The number of carbonyl (C=O) groups is 1. The molecule has 1 amide bonds. The molecule has 5 nitrogen and oxygen atoms in total. The van der Waals surface area contributed by atoms with Gasteiger partial charge in [-0.25, -0.2) is 9.37 Å². The summed E-state index contributed by atoms with van der Waals surface area (Å²) in [5.41, 5.74) is 5.75. The van der Waals surface area contributed by atoms with Crippen molar-refractivity contribution in [3.63, 3.8) is 0 Å². The average molecular weight is 478 g/mol. The number of nitrogens with zero attached hydrogens (tertiary/aromatic N) is 2. The zero-order valence-electron chi connectivity index (χ0n) is 19.7. The maximum absolute atomic E-state index is 13.8. The van der Waals surface area contributed by atoms with Gasteiger partial charge in [-0.1, -0.05) is 42.5 Å². The van der Waals surface area contributed by atoms with E-state index in [1.807, 2.05) is 60.7 Å². The van der Waals surface area contributed by atoms with E-state index < -0.39 is 0 Å². The molecular formula is C30H24FN3O2. The zero-order chi connectivity index (χ0) is 24.9. The Morgan fingerprint density at radius 2 is 1.78 bits per heavy atom. The Bertz CT molecular complexity index is 1520. The van der Waals surface area contributed by atoms with Crippen LogP contribution in [-0.2, 0) is 17.8 Å². The van der Waals surface area contributed by atoms with Crippen LogP contribution in [0.25, 0.3) is 22.0 Å². The number of rotatable bonds is 7. The van der Waals surface area contributed by atoms with Gasteiger partial charge >= 0.3 is 0 Å². The summed E-state index contributed by atoms with van der Waals surface area (Å²) < 4.78 is 20.1. The van der Waals surface area contributed by atoms with Crippen LogP contribution in [0.2, 0.25) is 0 Å². The van der Waals surface area contributed by atoms with Gasteiger partial charge < -0.3 is 10.1 Å². The van der Waals surface area contributed by atoms with Crippen molar-refractivity contribution in [1.82, 2.24) is 9.97 Å². The number of pyridine rings is 2. The molecule has 5 aromatic rings. The molecule has 0 saturated heterocycles. The maximum Gasteiger partial charge on any atom is 0.221 e. The Morgan fingerprint density at radius 3 is 2.56 bits per heavy atom. The Kier molecular flexibility index (Phi) is 6.67. The van der Waals surface area contributed by atoms with Crippen molar-refractivity contribution in [3.8, 4) is 16.9 Å². The first kappa shape index (κ1) is 23.2. The molecule has 6 heteroatoms. The number of fused-ring (bicyclic) bond motifs is 1. The highest BCUT2D eigenvalue weighted by molar-refractivity contribution is 5.92. The SMILES string of the molecule is CC(=O)Nc1ccc(OCc2ccc3ccccc3n2)c(-c2ccc(F)cc2)c1Cc1cccnc1. The zero-order valence-corrected chi connectivity index (χ0v) is 19.7. The van der Waals surface area contributed by atoms with E-state index in [4.69, 9.17) is 9.72 Å². The van der Waals surface area contributed by atoms with Gasteiger partial charge in [-0.2, -0.15) is 0 Å². The minimum absolute atomic E-state index is 0.179. The lowest BCUT2D eigenvalue weighted by atomic mass is 9.92. The molecule has 36 heavy (non-hydrogen) atoms. The van der Waals surface area contributed by atoms with Crippen LogP contribution in [0.5, 0.6) is 5.75 Å². The molecule has 2 aromatic heterocycles. The average Bonchev–Trinajstić information content (AvgIpc) is 2.89. The first-order valence-corrected chi connectivity index (χ1v) is 11.6. The number of carbonyl (C=O) groups excluding carboxylic acids is 1. The van der Waals surface area contributed by atoms with Crippen LogP contribution >= 0.6 is 0 Å². The number of amides is 1. The summed E-state index contributed by atoms with van der Waals surface area (Å²) in [4.78, 5) is 20.9. The molecule has 0 aliphatic carbocycles. The van der Waals surface area contributed by atoms with E-state index in [9.17, 15) is 9.18 Å². The third kappa shape index (κ3) is 5.23. The minimum Gasteiger partial charge on any atom is -0.487 e. The molecule has 0 aliphatic heterocycles. The van der Waals surface area contributed by atoms with E-state index in [-0.39, 0.29) is 18.3 Å². The van der Waals surface area contributed by atoms with Crippen molar-refractivity contribution in [2.45, 2.75) is 20.0 Å². The minimum atomic E-state index is -0.326. The monoisotopic (exact) mass is 477 g/mol. The van der Waals surface area contributed by atoms with Gasteiger partial charge in [0.1, 0.15) is 18.2 Å². The number of ether oxygens (including phenoxy) is 1. The molecule has 0 spiro atoms. The van der Waals surface area contributed by atoms with Gasteiger partial charge in [-0.05, 0) is 59.2 Å². The van der Waals surface area contributed by atoms with E-state index in [0.29, 0.717) is 17.9 Å². The van der Waals surface area contributed by atoms with Crippen LogP contribution in [-0.4, -0.2) is 15.9 Å². The summed E-state index contributed by atoms with van der Waals surface area (Å²) >= 11 is 0. The maximum atomic E-state index is 13.8. The van der Waals surface area contributed by atoms with Crippen molar-refractivity contribution in [2.24, 2.45) is 0 Å². The quantitative estimate of drug-likeness (QED) is 0.288. The van der Waals surface area contributed by atoms with E-state index in [2.05, 4.69) is 10.3 Å². The Balaban J connectivity index is 1.59. The summed E-state index contributed by atoms with van der Waals surface area (Å²) in [6.07, 6.45) is 4.01. The number of hydrogen-bond donors (Lipinski definition) is 1. The van der Waals surface area contributed by atoms with Crippen LogP contribution in [0.15, 0.2) is 97.3 Å². The number of para-hydroxylation sites is 1. The predicted molar refractivity (Wildman–Crippen MR) is 139 cm³/mol. The lowest BCUT2D eigenvalue weighted by molar-refractivity contribution is -0.114. The van der Waals surface area contributed by atoms with Crippen LogP contribution < -0.4 is 10.1 Å². The lowest BCUT2D eigenvalue weighted by Gasteiger charge is -2.20. The van der Waals surface area contributed by atoms with Crippen LogP contribution in [0.4, 0.5) is 10.1 Å². The van der Waals surface area contributed by atoms with Gasteiger partial charge in [0.25, 0.3) is 0 Å². The summed E-state index contributed by atoms with van der Waals surface area (Å²) in [5, 5.41) is 4.00. The van der Waals surface area contributed by atoms with E-state index >= 15 is 0 Å². The van der Waals surface area contributed by atoms with Crippen molar-refractivity contribution in [1.29, 1.82) is 0 Å². The fourth-order valence-electron chi connectivity index (χ4n) is 4.22. The Hall–Kier alpha value is -4.58. The standard InChI is InChI=1S/C30H24FN3O2/c1-20(35)33-28-14-15-29(36-19-25-13-10-22-6-2-3-7-27(22)34-25)30(23-8-11-24(31)12-9-23)26(28)17-21-5-4-16-32-18-21/h2-16,18H,17,19H2,1H3,(H,33,35). The smallest absolute Gasteiger partial charge is 0.221 e. The molecule has 0 saturated carbocycles. The second-order valence-corrected chi connectivity index (χ2v) is 8.47. The number of halogens is 1. The van der Waals surface area contributed by atoms with Gasteiger partial charge in [0.2, 0.25) is 5.91 Å². The molecule has 0 atom stereocenters. The van der Waals surface area contributed by atoms with Crippen molar-refractivity contribution in [3.05, 3.63) is 120 Å². The molecule has 2 heterocycles. The number of nitrogens with one attached hydrogen (secondary N) is 1. The molecule has 178 valence electrons. The predicted octanol–water partition coefficient (Wildman–Crippen LogP) is 6.56. The van der Waals surface area contributed by atoms with E-state index in [0.717, 1.165) is 38.9 Å². The number of aromatic nitrogens is 2. The second kappa shape index (κ2) is 10.4. The first-order chi connectivity index (χ1) is 17.6. The Labute approximate surface area is 208 Å². The summed E-state index contributed by atoms with van der Waals surface area (Å²) in [6.45, 7) is 1.73. The van der Waals surface area contributed by atoms with Crippen LogP contribution in [0.3, 0.4) is 0 Å². The van der Waals surface area contributed by atoms with Gasteiger partial charge in [0.05, 0.1) is 11.2 Å². The van der Waals surface area contributed by atoms with Crippen molar-refractivity contribution in [2.75, 3.05) is 5.32 Å². The molecular weight excluding hydrogens is 453 g/mol. The second-order valence-electron chi connectivity index (χ2n) is 8.47. The molecule has 0 fully saturated rings. The molecule has 1 N–H and O–H groups in total. The van der Waals surface area contributed by atoms with E-state index in [1.165, 1.54) is 19.1 Å². The van der Waals surface area contributed by atoms with Gasteiger partial charge in [-0.3, -0.25) is 9.78 Å². The highest BCUT2D eigenvalue weighted by Crippen LogP contribution is 2.39. The fourth-order valence-corrected chi connectivity index (χ4v) is 4.22. The molecule has 5 rings (SSSR count). The molecule has 0 aliphatic rings. The molecule has 0 unspecified atom stereocenters. The largest absolute Gasteiger partial charge is 0.487 e. The van der Waals surface area contributed by atoms with Crippen LogP contribution in [0.1, 0.15) is 23.7 Å². The topological polar surface area (TPSA) is 64.1 Å². The highest BCUT2D eigenvalue weighted by Gasteiger charge is 2.18. The van der Waals surface area contributed by atoms with Crippen LogP contribution in [0, 0.1) is 5.82 Å². The van der Waals surface area contributed by atoms with Gasteiger partial charge in [0, 0.05) is 42.4 Å². The molecule has 0 bridgehead atoms. The van der Waals surface area contributed by atoms with E-state index in [1.54, 1.807) is 24.5 Å². The van der Waals surface area contributed by atoms with Crippen molar-refractivity contribution >= 4 is 22.5 Å². The highest BCUT2D eigenvalue weighted by atomic mass is 19.1. The number of hydrogen-bond acceptors (Lipinski definition) is 4. The normalized spacial score (nSPS) is 10.8. The summed E-state index contributed by atoms with van der Waals surface area (Å²) in [5.74, 6) is 0.111. The summed E-state index contributed by atoms with van der Waals surface area (Å²) in [6, 6.07) is 25.7. The van der Waals surface area contributed by atoms with Gasteiger partial charge in [0.15, 0.2) is 0 Å². The third-order valence-corrected chi connectivity index (χ3v) is 5.85. The number of benzene rings is 3. The molecule has 3 aromatic carbocycles. The lowest BCUT2D eigenvalue weighted by Crippen LogP contribution is -2.10. The Morgan fingerprint density at radius 1 is 0.944 bits per heavy atom.